The van der Waals surface area contributed by atoms with Gasteiger partial charge in [0.25, 0.3) is 0 Å². The van der Waals surface area contributed by atoms with Gasteiger partial charge in [-0.15, -0.1) is 0 Å². The third-order valence-electron chi connectivity index (χ3n) is 3.61. The summed E-state index contributed by atoms with van der Waals surface area (Å²) in [6.45, 7) is 4.27. The number of hydrogen-bond donors (Lipinski definition) is 1. The summed E-state index contributed by atoms with van der Waals surface area (Å²) < 4.78 is 19.4. The Labute approximate surface area is 121 Å². The SMILES string of the molecule is CCCCCCCCCCCCCS(=N)(=O)CCC. The minimum Gasteiger partial charge on any atom is -0.253 e. The second-order valence-corrected chi connectivity index (χ2v) is 8.20. The molecule has 1 N–H and O–H groups in total. The van der Waals surface area contributed by atoms with Crippen LogP contribution in [0.25, 0.3) is 0 Å². The van der Waals surface area contributed by atoms with Gasteiger partial charge in [-0.1, -0.05) is 78.1 Å². The Bertz CT molecular complexity index is 272. The zero-order chi connectivity index (χ0) is 14.4. The van der Waals surface area contributed by atoms with Crippen LogP contribution < -0.4 is 0 Å². The molecule has 3 heteroatoms. The van der Waals surface area contributed by atoms with Gasteiger partial charge in [-0.25, -0.2) is 4.21 Å². The van der Waals surface area contributed by atoms with Crippen molar-refractivity contribution in [2.24, 2.45) is 0 Å². The first-order valence-electron chi connectivity index (χ1n) is 8.36. The van der Waals surface area contributed by atoms with E-state index in [1.54, 1.807) is 0 Å². The molecule has 0 heterocycles. The van der Waals surface area contributed by atoms with Crippen LogP contribution in [0, 0.1) is 4.78 Å². The summed E-state index contributed by atoms with van der Waals surface area (Å²) in [7, 11) is -2.24. The van der Waals surface area contributed by atoms with E-state index in [1.165, 1.54) is 57.8 Å². The fourth-order valence-corrected chi connectivity index (χ4v) is 3.97. The van der Waals surface area contributed by atoms with Gasteiger partial charge in [-0.2, -0.15) is 0 Å². The molecule has 0 bridgehead atoms. The van der Waals surface area contributed by atoms with Crippen molar-refractivity contribution < 1.29 is 4.21 Å². The molecule has 116 valence electrons. The maximum Gasteiger partial charge on any atom is 0.0441 e. The maximum atomic E-state index is 11.7. The summed E-state index contributed by atoms with van der Waals surface area (Å²) in [5.41, 5.74) is 0. The van der Waals surface area contributed by atoms with Gasteiger partial charge in [-0.05, 0) is 12.8 Å². The van der Waals surface area contributed by atoms with Crippen molar-refractivity contribution in [3.05, 3.63) is 0 Å². The average Bonchev–Trinajstić information content (AvgIpc) is 2.36. The van der Waals surface area contributed by atoms with Crippen LogP contribution >= 0.6 is 0 Å². The molecule has 0 saturated carbocycles. The number of nitrogens with one attached hydrogen (secondary N) is 1. The van der Waals surface area contributed by atoms with E-state index in [9.17, 15) is 4.21 Å². The van der Waals surface area contributed by atoms with Gasteiger partial charge in [0.05, 0.1) is 0 Å². The van der Waals surface area contributed by atoms with Crippen LogP contribution in [0.1, 0.15) is 90.9 Å². The fraction of sp³-hybridized carbons (Fsp3) is 1.00. The molecule has 0 aromatic heterocycles. The molecule has 0 aliphatic rings. The van der Waals surface area contributed by atoms with E-state index in [2.05, 4.69) is 6.92 Å². The molecule has 0 fully saturated rings. The lowest BCUT2D eigenvalue weighted by Gasteiger charge is -2.05. The predicted molar refractivity (Wildman–Crippen MR) is 87.3 cm³/mol. The molecule has 0 aromatic rings. The van der Waals surface area contributed by atoms with Gasteiger partial charge in [0.1, 0.15) is 0 Å². The summed E-state index contributed by atoms with van der Waals surface area (Å²) in [5.74, 6) is 1.21. The summed E-state index contributed by atoms with van der Waals surface area (Å²) >= 11 is 0. The predicted octanol–water partition coefficient (Wildman–Crippen LogP) is 5.75. The van der Waals surface area contributed by atoms with Crippen molar-refractivity contribution in [3.8, 4) is 0 Å². The zero-order valence-corrected chi connectivity index (χ0v) is 14.0. The van der Waals surface area contributed by atoms with Gasteiger partial charge >= 0.3 is 0 Å². The van der Waals surface area contributed by atoms with Crippen molar-refractivity contribution in [3.63, 3.8) is 0 Å². The second kappa shape index (κ2) is 13.0. The highest BCUT2D eigenvalue weighted by Crippen LogP contribution is 2.12. The molecule has 0 amide bonds. The number of hydrogen-bond acceptors (Lipinski definition) is 2. The van der Waals surface area contributed by atoms with E-state index >= 15 is 0 Å². The monoisotopic (exact) mass is 289 g/mol. The highest BCUT2D eigenvalue weighted by molar-refractivity contribution is 7.92. The number of rotatable bonds is 14. The highest BCUT2D eigenvalue weighted by atomic mass is 32.2. The average molecular weight is 290 g/mol. The fourth-order valence-electron chi connectivity index (χ4n) is 2.43. The van der Waals surface area contributed by atoms with Crippen LogP contribution in [-0.2, 0) is 9.73 Å². The van der Waals surface area contributed by atoms with Crippen molar-refractivity contribution in [1.29, 1.82) is 4.78 Å². The molecule has 0 aromatic carbocycles. The summed E-state index contributed by atoms with van der Waals surface area (Å²) in [6, 6.07) is 0. The van der Waals surface area contributed by atoms with Crippen LogP contribution in [0.2, 0.25) is 0 Å². The van der Waals surface area contributed by atoms with Crippen LogP contribution in [0.3, 0.4) is 0 Å². The van der Waals surface area contributed by atoms with Crippen molar-refractivity contribution in [1.82, 2.24) is 0 Å². The zero-order valence-electron chi connectivity index (χ0n) is 13.2. The molecule has 0 spiro atoms. The van der Waals surface area contributed by atoms with Crippen LogP contribution in [0.5, 0.6) is 0 Å². The first-order valence-corrected chi connectivity index (χ1v) is 10.3. The Morgan fingerprint density at radius 1 is 0.632 bits per heavy atom. The first-order chi connectivity index (χ1) is 9.12. The van der Waals surface area contributed by atoms with Crippen molar-refractivity contribution >= 4 is 9.73 Å². The molecule has 0 aliphatic heterocycles. The van der Waals surface area contributed by atoms with Gasteiger partial charge in [-0.3, -0.25) is 4.78 Å². The van der Waals surface area contributed by atoms with Crippen molar-refractivity contribution in [2.75, 3.05) is 11.5 Å². The van der Waals surface area contributed by atoms with E-state index in [-0.39, 0.29) is 0 Å². The van der Waals surface area contributed by atoms with E-state index < -0.39 is 9.73 Å². The van der Waals surface area contributed by atoms with Crippen LogP contribution in [0.4, 0.5) is 0 Å². The van der Waals surface area contributed by atoms with E-state index in [1.807, 2.05) is 6.92 Å². The van der Waals surface area contributed by atoms with Gasteiger partial charge in [0.15, 0.2) is 0 Å². The quantitative estimate of drug-likeness (QED) is 0.406. The molecular formula is C16H35NOS. The molecule has 1 atom stereocenters. The smallest absolute Gasteiger partial charge is 0.0441 e. The molecule has 0 saturated heterocycles. The lowest BCUT2D eigenvalue weighted by atomic mass is 10.1. The van der Waals surface area contributed by atoms with Gasteiger partial charge in [0.2, 0.25) is 0 Å². The van der Waals surface area contributed by atoms with Gasteiger partial charge < -0.3 is 0 Å². The first kappa shape index (κ1) is 18.9. The van der Waals surface area contributed by atoms with Crippen LogP contribution in [-0.4, -0.2) is 15.7 Å². The van der Waals surface area contributed by atoms with Crippen molar-refractivity contribution in [2.45, 2.75) is 90.9 Å². The molecule has 2 nitrogen and oxygen atoms in total. The maximum absolute atomic E-state index is 11.7. The number of unbranched alkanes of at least 4 members (excludes halogenated alkanes) is 10. The van der Waals surface area contributed by atoms with E-state index in [0.29, 0.717) is 11.5 Å². The molecule has 1 unspecified atom stereocenters. The van der Waals surface area contributed by atoms with Gasteiger partial charge in [0, 0.05) is 21.2 Å². The van der Waals surface area contributed by atoms with Crippen LogP contribution in [0.15, 0.2) is 0 Å². The molecule has 0 rings (SSSR count). The Kier molecular flexibility index (Phi) is 12.9. The summed E-state index contributed by atoms with van der Waals surface area (Å²) in [5, 5.41) is 0. The highest BCUT2D eigenvalue weighted by Gasteiger charge is 2.03. The van der Waals surface area contributed by atoms with E-state index in [0.717, 1.165) is 19.3 Å². The molecule has 0 radical (unpaired) electrons. The minimum atomic E-state index is -2.24. The normalized spacial score (nSPS) is 14.4. The summed E-state index contributed by atoms with van der Waals surface area (Å²) in [4.78, 5) is 0. The lowest BCUT2D eigenvalue weighted by Crippen LogP contribution is -2.08. The molecule has 0 aliphatic carbocycles. The standard InChI is InChI=1S/C16H35NOS/c1-3-5-6-7-8-9-10-11-12-13-14-16-19(17,18)15-4-2/h17H,3-16H2,1-2H3. The Balaban J connectivity index is 3.19. The molecule has 19 heavy (non-hydrogen) atoms. The Morgan fingerprint density at radius 3 is 1.47 bits per heavy atom. The topological polar surface area (TPSA) is 40.9 Å². The Hall–Kier alpha value is -0.0500. The second-order valence-electron chi connectivity index (χ2n) is 5.76. The molecular weight excluding hydrogens is 254 g/mol. The lowest BCUT2D eigenvalue weighted by molar-refractivity contribution is 0.554. The Morgan fingerprint density at radius 2 is 1.05 bits per heavy atom. The summed E-state index contributed by atoms with van der Waals surface area (Å²) in [6.07, 6.45) is 15.3. The van der Waals surface area contributed by atoms with E-state index in [4.69, 9.17) is 4.78 Å². The third-order valence-corrected chi connectivity index (χ3v) is 5.63. The largest absolute Gasteiger partial charge is 0.253 e. The minimum absolute atomic E-state index is 0.588. The third kappa shape index (κ3) is 14.2.